The van der Waals surface area contributed by atoms with Gasteiger partial charge in [0, 0.05) is 4.99 Å². The van der Waals surface area contributed by atoms with Crippen LogP contribution in [-0.4, -0.2) is 16.7 Å². The van der Waals surface area contributed by atoms with Crippen molar-refractivity contribution >= 4 is 21.9 Å². The number of halogens is 1. The lowest BCUT2D eigenvalue weighted by Crippen LogP contribution is -2.24. The third-order valence-corrected chi connectivity index (χ3v) is 1.15. The highest BCUT2D eigenvalue weighted by atomic mass is 79.9. The average molecular weight is 223 g/mol. The van der Waals surface area contributed by atoms with Crippen LogP contribution in [0.1, 0.15) is 20.8 Å². The zero-order valence-corrected chi connectivity index (χ0v) is 8.31. The summed E-state index contributed by atoms with van der Waals surface area (Å²) in [5, 5.41) is 8.83. The predicted molar refractivity (Wildman–Crippen MR) is 45.5 cm³/mol. The van der Waals surface area contributed by atoms with Crippen molar-refractivity contribution in [3.05, 3.63) is 10.7 Å². The normalized spacial score (nSPS) is 12.9. The van der Waals surface area contributed by atoms with Crippen molar-refractivity contribution in [2.75, 3.05) is 0 Å². The molecule has 0 aromatic heterocycles. The summed E-state index contributed by atoms with van der Waals surface area (Å²) in [4.78, 5) is 11.9. The molecular weight excluding hydrogens is 212 g/mol. The van der Waals surface area contributed by atoms with Crippen LogP contribution in [0.5, 0.6) is 0 Å². The smallest absolute Gasteiger partial charge is 0.374 e. The molecule has 0 aliphatic rings. The number of carbonyl (C=O) groups is 1. The van der Waals surface area contributed by atoms with E-state index in [9.17, 15) is 4.79 Å². The molecule has 0 bridgehead atoms. The van der Waals surface area contributed by atoms with Gasteiger partial charge in [0.2, 0.25) is 5.76 Å². The Balaban J connectivity index is 4.10. The first-order valence-electron chi connectivity index (χ1n) is 3.09. The first-order valence-corrected chi connectivity index (χ1v) is 4.01. The largest absolute Gasteiger partial charge is 0.501 e. The maximum absolute atomic E-state index is 10.8. The summed E-state index contributed by atoms with van der Waals surface area (Å²) >= 11 is 2.81. The highest BCUT2D eigenvalue weighted by molar-refractivity contribution is 9.11. The van der Waals surface area contributed by atoms with E-state index in [1.165, 1.54) is 0 Å². The Labute approximate surface area is 74.2 Å². The fourth-order valence-corrected chi connectivity index (χ4v) is 0.562. The molecule has 3 nitrogen and oxygen atoms in total. The third-order valence-electron chi connectivity index (χ3n) is 0.711. The summed E-state index contributed by atoms with van der Waals surface area (Å²) in [5.41, 5.74) is -0.568. The van der Waals surface area contributed by atoms with Crippen LogP contribution in [0.4, 0.5) is 0 Å². The molecule has 0 unspecified atom stereocenters. The van der Waals surface area contributed by atoms with Crippen molar-refractivity contribution < 1.29 is 14.6 Å². The number of esters is 1. The fourth-order valence-electron chi connectivity index (χ4n) is 0.375. The highest BCUT2D eigenvalue weighted by Gasteiger charge is 2.18. The van der Waals surface area contributed by atoms with E-state index < -0.39 is 17.3 Å². The molecule has 0 amide bonds. The van der Waals surface area contributed by atoms with E-state index in [0.29, 0.717) is 0 Å². The number of aliphatic hydroxyl groups is 1. The van der Waals surface area contributed by atoms with Gasteiger partial charge in [-0.2, -0.15) is 0 Å². The molecule has 0 radical (unpaired) electrons. The lowest BCUT2D eigenvalue weighted by molar-refractivity contribution is -0.152. The molecule has 1 N–H and O–H groups in total. The first-order chi connectivity index (χ1) is 4.87. The first kappa shape index (κ1) is 10.5. The standard InChI is InChI=1S/C7H11BrO3/c1-7(2,3)11-6(10)5(9)4-8/h4,9H,1-3H3/b5-4-. The van der Waals surface area contributed by atoms with Gasteiger partial charge in [-0.1, -0.05) is 15.9 Å². The Hall–Kier alpha value is -0.510. The minimum atomic E-state index is -0.727. The van der Waals surface area contributed by atoms with E-state index in [4.69, 9.17) is 9.84 Å². The highest BCUT2D eigenvalue weighted by Crippen LogP contribution is 2.09. The van der Waals surface area contributed by atoms with Gasteiger partial charge < -0.3 is 9.84 Å². The van der Waals surface area contributed by atoms with Gasteiger partial charge in [0.1, 0.15) is 5.60 Å². The topological polar surface area (TPSA) is 46.5 Å². The average Bonchev–Trinajstić information content (AvgIpc) is 1.82. The molecule has 11 heavy (non-hydrogen) atoms. The molecular formula is C7H11BrO3. The van der Waals surface area contributed by atoms with E-state index in [0.717, 1.165) is 4.99 Å². The Morgan fingerprint density at radius 3 is 2.27 bits per heavy atom. The maximum atomic E-state index is 10.8. The van der Waals surface area contributed by atoms with Crippen LogP contribution < -0.4 is 0 Å². The van der Waals surface area contributed by atoms with Crippen molar-refractivity contribution in [3.8, 4) is 0 Å². The lowest BCUT2D eigenvalue weighted by atomic mass is 10.2. The van der Waals surface area contributed by atoms with Crippen LogP contribution in [0.15, 0.2) is 10.7 Å². The van der Waals surface area contributed by atoms with Gasteiger partial charge in [-0.3, -0.25) is 0 Å². The minimum absolute atomic E-state index is 0.431. The van der Waals surface area contributed by atoms with Crippen LogP contribution in [0.25, 0.3) is 0 Å². The minimum Gasteiger partial charge on any atom is -0.501 e. The fraction of sp³-hybridized carbons (Fsp3) is 0.571. The number of hydrogen-bond acceptors (Lipinski definition) is 3. The summed E-state index contributed by atoms with van der Waals surface area (Å²) < 4.78 is 4.80. The predicted octanol–water partition coefficient (Wildman–Crippen LogP) is 2.12. The SMILES string of the molecule is CC(C)(C)OC(=O)/C(O)=C/Br. The molecule has 0 rings (SSSR count). The van der Waals surface area contributed by atoms with Gasteiger partial charge in [-0.25, -0.2) is 4.79 Å². The summed E-state index contributed by atoms with van der Waals surface area (Å²) in [6, 6.07) is 0. The van der Waals surface area contributed by atoms with E-state index in [1.54, 1.807) is 20.8 Å². The van der Waals surface area contributed by atoms with Crippen molar-refractivity contribution in [2.24, 2.45) is 0 Å². The number of hydrogen-bond donors (Lipinski definition) is 1. The van der Waals surface area contributed by atoms with Crippen molar-refractivity contribution in [1.82, 2.24) is 0 Å². The second-order valence-corrected chi connectivity index (χ2v) is 3.45. The molecule has 0 spiro atoms. The van der Waals surface area contributed by atoms with Gasteiger partial charge >= 0.3 is 5.97 Å². The van der Waals surface area contributed by atoms with Crippen LogP contribution in [-0.2, 0) is 9.53 Å². The monoisotopic (exact) mass is 222 g/mol. The molecule has 64 valence electrons. The second kappa shape index (κ2) is 3.76. The van der Waals surface area contributed by atoms with E-state index in [2.05, 4.69) is 15.9 Å². The number of ether oxygens (including phenoxy) is 1. The Morgan fingerprint density at radius 1 is 1.55 bits per heavy atom. The second-order valence-electron chi connectivity index (χ2n) is 3.00. The van der Waals surface area contributed by atoms with Crippen LogP contribution >= 0.6 is 15.9 Å². The van der Waals surface area contributed by atoms with E-state index in [-0.39, 0.29) is 0 Å². The molecule has 0 saturated heterocycles. The summed E-state index contributed by atoms with van der Waals surface area (Å²) in [6.07, 6.45) is 0. The molecule has 0 aromatic carbocycles. The molecule has 0 aromatic rings. The van der Waals surface area contributed by atoms with Crippen molar-refractivity contribution in [3.63, 3.8) is 0 Å². The Kier molecular flexibility index (Phi) is 3.58. The van der Waals surface area contributed by atoms with Crippen molar-refractivity contribution in [1.29, 1.82) is 0 Å². The Bertz CT molecular complexity index is 179. The van der Waals surface area contributed by atoms with Gasteiger partial charge in [-0.05, 0) is 20.8 Å². The van der Waals surface area contributed by atoms with Gasteiger partial charge in [0.25, 0.3) is 0 Å². The summed E-state index contributed by atoms with van der Waals surface area (Å²) in [5.74, 6) is -1.16. The quantitative estimate of drug-likeness (QED) is 0.420. The Morgan fingerprint density at radius 2 is 2.00 bits per heavy atom. The van der Waals surface area contributed by atoms with Gasteiger partial charge in [-0.15, -0.1) is 0 Å². The number of rotatable bonds is 1. The van der Waals surface area contributed by atoms with E-state index >= 15 is 0 Å². The molecule has 0 fully saturated rings. The van der Waals surface area contributed by atoms with Gasteiger partial charge in [0.15, 0.2) is 0 Å². The third kappa shape index (κ3) is 4.84. The summed E-state index contributed by atoms with van der Waals surface area (Å²) in [7, 11) is 0. The molecule has 0 atom stereocenters. The van der Waals surface area contributed by atoms with Crippen LogP contribution in [0.3, 0.4) is 0 Å². The van der Waals surface area contributed by atoms with Crippen LogP contribution in [0, 0.1) is 0 Å². The van der Waals surface area contributed by atoms with Crippen LogP contribution in [0.2, 0.25) is 0 Å². The molecule has 0 saturated carbocycles. The molecule has 0 aliphatic heterocycles. The maximum Gasteiger partial charge on any atom is 0.374 e. The number of carbonyl (C=O) groups excluding carboxylic acids is 1. The van der Waals surface area contributed by atoms with E-state index in [1.807, 2.05) is 0 Å². The lowest BCUT2D eigenvalue weighted by Gasteiger charge is -2.18. The van der Waals surface area contributed by atoms with Crippen molar-refractivity contribution in [2.45, 2.75) is 26.4 Å². The molecule has 0 heterocycles. The molecule has 0 aliphatic carbocycles. The number of aliphatic hydroxyl groups excluding tert-OH is 1. The zero-order chi connectivity index (χ0) is 9.07. The zero-order valence-electron chi connectivity index (χ0n) is 6.72. The van der Waals surface area contributed by atoms with Gasteiger partial charge in [0.05, 0.1) is 0 Å². The molecule has 4 heteroatoms. The summed E-state index contributed by atoms with van der Waals surface area (Å²) in [6.45, 7) is 5.19.